The Labute approximate surface area is 91.4 Å². The highest BCUT2D eigenvalue weighted by Gasteiger charge is 2.35. The number of carbonyl (C=O) groups excluding carboxylic acids is 1. The van der Waals surface area contributed by atoms with Gasteiger partial charge in [0.2, 0.25) is 0 Å². The molecular weight excluding hydrogens is 190 g/mol. The van der Waals surface area contributed by atoms with Crippen molar-refractivity contribution in [2.45, 2.75) is 40.2 Å². The van der Waals surface area contributed by atoms with E-state index in [9.17, 15) is 4.79 Å². The van der Waals surface area contributed by atoms with Gasteiger partial charge in [0.05, 0.1) is 11.1 Å². The Morgan fingerprint density at radius 3 is 2.47 bits per heavy atom. The third-order valence-corrected chi connectivity index (χ3v) is 3.22. The van der Waals surface area contributed by atoms with E-state index in [0.29, 0.717) is 18.1 Å². The molecule has 3 heteroatoms. The van der Waals surface area contributed by atoms with Crippen molar-refractivity contribution in [3.8, 4) is 0 Å². The zero-order chi connectivity index (χ0) is 11.8. The summed E-state index contributed by atoms with van der Waals surface area (Å²) in [4.78, 5) is 13.7. The summed E-state index contributed by atoms with van der Waals surface area (Å²) in [6.07, 6.45) is 0. The predicted molar refractivity (Wildman–Crippen MR) is 60.1 cm³/mol. The first-order chi connectivity index (χ1) is 6.78. The van der Waals surface area contributed by atoms with Crippen molar-refractivity contribution in [3.63, 3.8) is 0 Å². The van der Waals surface area contributed by atoms with E-state index in [1.807, 2.05) is 27.7 Å². The second kappa shape index (κ2) is 3.72. The van der Waals surface area contributed by atoms with Crippen LogP contribution in [0.15, 0.2) is 23.5 Å². The molecule has 3 nitrogen and oxygen atoms in total. The summed E-state index contributed by atoms with van der Waals surface area (Å²) in [5.41, 5.74) is 1.27. The second-order valence-corrected chi connectivity index (χ2v) is 4.53. The first-order valence-electron chi connectivity index (χ1n) is 5.06. The Morgan fingerprint density at radius 2 is 2.00 bits per heavy atom. The van der Waals surface area contributed by atoms with Crippen molar-refractivity contribution in [2.75, 3.05) is 6.73 Å². The molecule has 0 aliphatic carbocycles. The molecule has 0 aromatic heterocycles. The maximum absolute atomic E-state index is 12.0. The summed E-state index contributed by atoms with van der Waals surface area (Å²) in [7, 11) is 0. The van der Waals surface area contributed by atoms with Crippen LogP contribution in [-0.2, 0) is 9.53 Å². The Hall–Kier alpha value is -1.25. The average molecular weight is 209 g/mol. The summed E-state index contributed by atoms with van der Waals surface area (Å²) in [6, 6.07) is 0. The second-order valence-electron chi connectivity index (χ2n) is 4.53. The zero-order valence-corrected chi connectivity index (χ0v) is 10.2. The molecule has 84 valence electrons. The van der Waals surface area contributed by atoms with Crippen LogP contribution in [0.1, 0.15) is 34.6 Å². The Morgan fingerprint density at radius 1 is 1.47 bits per heavy atom. The Kier molecular flexibility index (Phi) is 2.93. The van der Waals surface area contributed by atoms with E-state index in [-0.39, 0.29) is 11.4 Å². The summed E-state index contributed by atoms with van der Waals surface area (Å²) < 4.78 is 5.45. The number of nitrogens with zero attached hydrogens (tertiary/aromatic N) is 1. The molecule has 0 aromatic carbocycles. The Balaban J connectivity index is 3.03. The summed E-state index contributed by atoms with van der Waals surface area (Å²) >= 11 is 0. The summed E-state index contributed by atoms with van der Waals surface area (Å²) in [6.45, 7) is 13.7. The van der Waals surface area contributed by atoms with Crippen LogP contribution in [0.2, 0.25) is 0 Å². The van der Waals surface area contributed by atoms with E-state index in [0.717, 1.165) is 5.57 Å². The largest absolute Gasteiger partial charge is 0.477 e. The van der Waals surface area contributed by atoms with Gasteiger partial charge < -0.3 is 4.74 Å². The highest BCUT2D eigenvalue weighted by Crippen LogP contribution is 2.28. The van der Waals surface area contributed by atoms with Crippen molar-refractivity contribution in [1.29, 1.82) is 0 Å². The van der Waals surface area contributed by atoms with Gasteiger partial charge in [-0.2, -0.15) is 0 Å². The van der Waals surface area contributed by atoms with Crippen molar-refractivity contribution < 1.29 is 9.53 Å². The number of ether oxygens (including phenoxy) is 1. The van der Waals surface area contributed by atoms with E-state index in [4.69, 9.17) is 4.74 Å². The molecule has 0 fully saturated rings. The topological polar surface area (TPSA) is 29.5 Å². The van der Waals surface area contributed by atoms with Crippen LogP contribution in [0, 0.1) is 0 Å². The predicted octanol–water partition coefficient (Wildman–Crippen LogP) is 2.45. The van der Waals surface area contributed by atoms with Gasteiger partial charge in [0.15, 0.2) is 6.73 Å². The van der Waals surface area contributed by atoms with Gasteiger partial charge in [-0.15, -0.1) is 0 Å². The molecule has 1 aliphatic heterocycles. The van der Waals surface area contributed by atoms with E-state index >= 15 is 0 Å². The van der Waals surface area contributed by atoms with Crippen LogP contribution < -0.4 is 0 Å². The molecule has 0 spiro atoms. The maximum Gasteiger partial charge on any atom is 0.256 e. The fourth-order valence-corrected chi connectivity index (χ4v) is 1.33. The van der Waals surface area contributed by atoms with Gasteiger partial charge in [-0.1, -0.05) is 12.2 Å². The van der Waals surface area contributed by atoms with Gasteiger partial charge >= 0.3 is 0 Å². The van der Waals surface area contributed by atoms with E-state index in [1.165, 1.54) is 0 Å². The number of hydrogen-bond donors (Lipinski definition) is 0. The molecular formula is C12H19NO2. The minimum Gasteiger partial charge on any atom is -0.477 e. The van der Waals surface area contributed by atoms with Crippen molar-refractivity contribution >= 4 is 5.91 Å². The third-order valence-electron chi connectivity index (χ3n) is 3.22. The summed E-state index contributed by atoms with van der Waals surface area (Å²) in [5, 5.41) is 0. The van der Waals surface area contributed by atoms with E-state index in [1.54, 1.807) is 11.8 Å². The number of amides is 1. The van der Waals surface area contributed by atoms with Crippen LogP contribution in [0.3, 0.4) is 0 Å². The van der Waals surface area contributed by atoms with Gasteiger partial charge in [0, 0.05) is 0 Å². The molecule has 0 saturated heterocycles. The number of hydrogen-bond acceptors (Lipinski definition) is 2. The van der Waals surface area contributed by atoms with Gasteiger partial charge in [-0.25, -0.2) is 0 Å². The fourth-order valence-electron chi connectivity index (χ4n) is 1.33. The number of rotatable bonds is 2. The third kappa shape index (κ3) is 1.91. The van der Waals surface area contributed by atoms with Crippen LogP contribution in [-0.4, -0.2) is 23.1 Å². The molecule has 1 heterocycles. The van der Waals surface area contributed by atoms with Crippen LogP contribution in [0.4, 0.5) is 0 Å². The molecule has 0 aromatic rings. The molecule has 1 amide bonds. The van der Waals surface area contributed by atoms with Crippen molar-refractivity contribution in [2.24, 2.45) is 0 Å². The maximum atomic E-state index is 12.0. The summed E-state index contributed by atoms with van der Waals surface area (Å²) in [5.74, 6) is 0.750. The minimum atomic E-state index is -0.362. The Bertz CT molecular complexity index is 340. The quantitative estimate of drug-likeness (QED) is 0.654. The van der Waals surface area contributed by atoms with Gasteiger partial charge in [0.1, 0.15) is 5.76 Å². The molecule has 0 bridgehead atoms. The lowest BCUT2D eigenvalue weighted by molar-refractivity contribution is -0.140. The van der Waals surface area contributed by atoms with Crippen LogP contribution in [0.5, 0.6) is 0 Å². The molecule has 15 heavy (non-hydrogen) atoms. The molecule has 0 atom stereocenters. The SMILES string of the molecule is C=C(C)C(C)(C)N1COC(C)=C(C)C1=O. The lowest BCUT2D eigenvalue weighted by Gasteiger charge is -2.41. The molecule has 1 rings (SSSR count). The van der Waals surface area contributed by atoms with Crippen molar-refractivity contribution in [1.82, 2.24) is 4.90 Å². The molecule has 0 saturated carbocycles. The van der Waals surface area contributed by atoms with E-state index < -0.39 is 0 Å². The number of carbonyl (C=O) groups is 1. The molecule has 0 N–H and O–H groups in total. The van der Waals surface area contributed by atoms with E-state index in [2.05, 4.69) is 6.58 Å². The van der Waals surface area contributed by atoms with Crippen LogP contribution >= 0.6 is 0 Å². The first-order valence-corrected chi connectivity index (χ1v) is 5.06. The molecule has 0 radical (unpaired) electrons. The average Bonchev–Trinajstić information content (AvgIpc) is 2.13. The van der Waals surface area contributed by atoms with Gasteiger partial charge in [-0.3, -0.25) is 9.69 Å². The molecule has 1 aliphatic rings. The highest BCUT2D eigenvalue weighted by molar-refractivity contribution is 5.94. The van der Waals surface area contributed by atoms with Gasteiger partial charge in [-0.05, 0) is 34.6 Å². The minimum absolute atomic E-state index is 0.0340. The highest BCUT2D eigenvalue weighted by atomic mass is 16.5. The fraction of sp³-hybridized carbons (Fsp3) is 0.583. The lowest BCUT2D eigenvalue weighted by Crippen LogP contribution is -2.51. The smallest absolute Gasteiger partial charge is 0.256 e. The standard InChI is InChI=1S/C12H19NO2/c1-8(2)12(5,6)13-7-15-10(4)9(3)11(13)14/h1,7H2,2-6H3. The monoisotopic (exact) mass is 209 g/mol. The first kappa shape index (κ1) is 11.8. The van der Waals surface area contributed by atoms with Crippen molar-refractivity contribution in [3.05, 3.63) is 23.5 Å². The van der Waals surface area contributed by atoms with Gasteiger partial charge in [0.25, 0.3) is 5.91 Å². The van der Waals surface area contributed by atoms with Crippen LogP contribution in [0.25, 0.3) is 0 Å². The lowest BCUT2D eigenvalue weighted by atomic mass is 9.93. The normalized spacial score (nSPS) is 17.9. The molecule has 0 unspecified atom stereocenters. The zero-order valence-electron chi connectivity index (χ0n) is 10.2. The number of allylic oxidation sites excluding steroid dienone is 1.